The lowest BCUT2D eigenvalue weighted by molar-refractivity contribution is 0.100. The van der Waals surface area contributed by atoms with E-state index in [1.165, 1.54) is 27.9 Å². The minimum Gasteiger partial charge on any atom is -0.366 e. The van der Waals surface area contributed by atoms with E-state index >= 15 is 0 Å². The summed E-state index contributed by atoms with van der Waals surface area (Å²) >= 11 is 6.04. The molecule has 0 unspecified atom stereocenters. The van der Waals surface area contributed by atoms with Gasteiger partial charge in [0.15, 0.2) is 5.82 Å². The maximum Gasteiger partial charge on any atom is 0.255 e. The van der Waals surface area contributed by atoms with E-state index in [0.29, 0.717) is 27.9 Å². The number of aromatic nitrogens is 6. The van der Waals surface area contributed by atoms with Crippen molar-refractivity contribution < 1.29 is 4.79 Å². The Morgan fingerprint density at radius 3 is 2.89 bits per heavy atom. The third-order valence-corrected chi connectivity index (χ3v) is 3.03. The van der Waals surface area contributed by atoms with E-state index in [1.54, 1.807) is 6.92 Å². The summed E-state index contributed by atoms with van der Waals surface area (Å²) in [5.41, 5.74) is 6.16. The van der Waals surface area contributed by atoms with E-state index in [9.17, 15) is 4.79 Å². The van der Waals surface area contributed by atoms with Crippen molar-refractivity contribution >= 4 is 23.3 Å². The molecule has 96 valence electrons. The summed E-state index contributed by atoms with van der Waals surface area (Å²) in [6, 6.07) is 0. The summed E-state index contributed by atoms with van der Waals surface area (Å²) < 4.78 is 2.95. The Balaban J connectivity index is 2.30. The predicted octanol–water partition coefficient (Wildman–Crippen LogP) is 0.371. The Morgan fingerprint density at radius 2 is 2.21 bits per heavy atom. The Morgan fingerprint density at radius 1 is 1.42 bits per heavy atom. The lowest BCUT2D eigenvalue weighted by Crippen LogP contribution is -2.11. The standard InChI is InChI=1S/C10H8ClN7O/c1-5-7(11)16-10-13-4-15-18(10)9(5)17-3-6(2-14-17)8(12)19/h2-4H,1H3,(H2,12,19). The van der Waals surface area contributed by atoms with Crippen LogP contribution in [-0.2, 0) is 0 Å². The number of carbonyl (C=O) groups excluding carboxylic acids is 1. The molecule has 19 heavy (non-hydrogen) atoms. The molecule has 0 fully saturated rings. The van der Waals surface area contributed by atoms with Crippen LogP contribution in [0.5, 0.6) is 0 Å². The largest absolute Gasteiger partial charge is 0.366 e. The third-order valence-electron chi connectivity index (χ3n) is 2.66. The first kappa shape index (κ1) is 11.6. The molecule has 8 nitrogen and oxygen atoms in total. The van der Waals surface area contributed by atoms with Crippen molar-refractivity contribution in [3.8, 4) is 5.82 Å². The molecule has 3 rings (SSSR count). The minimum absolute atomic E-state index is 0.292. The molecule has 0 aliphatic carbocycles. The lowest BCUT2D eigenvalue weighted by Gasteiger charge is -2.08. The van der Waals surface area contributed by atoms with Crippen LogP contribution in [0.25, 0.3) is 11.6 Å². The third kappa shape index (κ3) is 1.73. The fraction of sp³-hybridized carbons (Fsp3) is 0.100. The second-order valence-corrected chi connectivity index (χ2v) is 4.22. The van der Waals surface area contributed by atoms with Crippen LogP contribution in [0.2, 0.25) is 5.15 Å². The van der Waals surface area contributed by atoms with Gasteiger partial charge in [0.05, 0.1) is 11.8 Å². The van der Waals surface area contributed by atoms with Gasteiger partial charge in [-0.3, -0.25) is 4.79 Å². The van der Waals surface area contributed by atoms with Crippen molar-refractivity contribution in [3.05, 3.63) is 35.0 Å². The highest BCUT2D eigenvalue weighted by atomic mass is 35.5. The number of nitrogens with zero attached hydrogens (tertiary/aromatic N) is 6. The van der Waals surface area contributed by atoms with Crippen LogP contribution in [0.3, 0.4) is 0 Å². The molecular weight excluding hydrogens is 270 g/mol. The molecule has 3 aromatic heterocycles. The van der Waals surface area contributed by atoms with Gasteiger partial charge in [0, 0.05) is 11.8 Å². The first-order valence-corrected chi connectivity index (χ1v) is 5.66. The molecule has 0 aromatic carbocycles. The Kier molecular flexibility index (Phi) is 2.46. The molecule has 0 atom stereocenters. The first-order valence-electron chi connectivity index (χ1n) is 5.28. The van der Waals surface area contributed by atoms with Gasteiger partial charge in [-0.15, -0.1) is 0 Å². The Hall–Kier alpha value is -2.48. The van der Waals surface area contributed by atoms with E-state index in [-0.39, 0.29) is 0 Å². The van der Waals surface area contributed by atoms with Crippen LogP contribution in [0, 0.1) is 6.92 Å². The number of hydrogen-bond donors (Lipinski definition) is 1. The maximum absolute atomic E-state index is 11.1. The number of nitrogens with two attached hydrogens (primary N) is 1. The van der Waals surface area contributed by atoms with Crippen molar-refractivity contribution in [1.29, 1.82) is 0 Å². The maximum atomic E-state index is 11.1. The average Bonchev–Trinajstić information content (AvgIpc) is 2.99. The quantitative estimate of drug-likeness (QED) is 0.682. The summed E-state index contributed by atoms with van der Waals surface area (Å²) in [5.74, 6) is 0.348. The first-order chi connectivity index (χ1) is 9.08. The molecule has 0 aliphatic rings. The molecule has 3 aromatic rings. The van der Waals surface area contributed by atoms with Gasteiger partial charge in [-0.2, -0.15) is 24.7 Å². The molecule has 2 N–H and O–H groups in total. The molecule has 3 heterocycles. The van der Waals surface area contributed by atoms with E-state index in [1.807, 2.05) is 0 Å². The fourth-order valence-corrected chi connectivity index (χ4v) is 1.88. The van der Waals surface area contributed by atoms with Crippen LogP contribution < -0.4 is 5.73 Å². The van der Waals surface area contributed by atoms with Crippen LogP contribution >= 0.6 is 11.6 Å². The van der Waals surface area contributed by atoms with E-state index in [0.717, 1.165) is 0 Å². The number of halogens is 1. The smallest absolute Gasteiger partial charge is 0.255 e. The van der Waals surface area contributed by atoms with Crippen molar-refractivity contribution in [2.45, 2.75) is 6.92 Å². The van der Waals surface area contributed by atoms with Crippen molar-refractivity contribution in [3.63, 3.8) is 0 Å². The number of rotatable bonds is 2. The predicted molar refractivity (Wildman–Crippen MR) is 66.2 cm³/mol. The number of amides is 1. The lowest BCUT2D eigenvalue weighted by atomic mass is 10.3. The summed E-state index contributed by atoms with van der Waals surface area (Å²) in [6.45, 7) is 1.78. The molecule has 9 heteroatoms. The zero-order valence-corrected chi connectivity index (χ0v) is 10.5. The summed E-state index contributed by atoms with van der Waals surface area (Å²) in [4.78, 5) is 19.2. The summed E-state index contributed by atoms with van der Waals surface area (Å²) in [7, 11) is 0. The number of fused-ring (bicyclic) bond motifs is 1. The van der Waals surface area contributed by atoms with Gasteiger partial charge in [0.25, 0.3) is 11.7 Å². The zero-order chi connectivity index (χ0) is 13.6. The van der Waals surface area contributed by atoms with Crippen molar-refractivity contribution in [2.24, 2.45) is 5.73 Å². The zero-order valence-electron chi connectivity index (χ0n) is 9.78. The topological polar surface area (TPSA) is 104 Å². The molecular formula is C10H8ClN7O. The van der Waals surface area contributed by atoms with E-state index in [2.05, 4.69) is 20.2 Å². The summed E-state index contributed by atoms with van der Waals surface area (Å²) in [5, 5.41) is 8.44. The van der Waals surface area contributed by atoms with Crippen LogP contribution in [0.1, 0.15) is 15.9 Å². The molecule has 0 saturated carbocycles. The molecule has 0 aliphatic heterocycles. The Labute approximate surface area is 111 Å². The van der Waals surface area contributed by atoms with Gasteiger partial charge < -0.3 is 5.73 Å². The van der Waals surface area contributed by atoms with Crippen LogP contribution in [-0.4, -0.2) is 35.3 Å². The van der Waals surface area contributed by atoms with Gasteiger partial charge in [0.2, 0.25) is 0 Å². The second-order valence-electron chi connectivity index (χ2n) is 3.86. The molecule has 1 amide bonds. The second kappa shape index (κ2) is 4.02. The molecule has 0 bridgehead atoms. The summed E-state index contributed by atoms with van der Waals surface area (Å²) in [6.07, 6.45) is 4.24. The van der Waals surface area contributed by atoms with Crippen molar-refractivity contribution in [1.82, 2.24) is 29.4 Å². The molecule has 0 radical (unpaired) electrons. The highest BCUT2D eigenvalue weighted by Gasteiger charge is 2.15. The highest BCUT2D eigenvalue weighted by molar-refractivity contribution is 6.30. The fourth-order valence-electron chi connectivity index (χ4n) is 1.72. The number of carbonyl (C=O) groups is 1. The van der Waals surface area contributed by atoms with Crippen LogP contribution in [0.15, 0.2) is 18.7 Å². The number of hydrogen-bond acceptors (Lipinski definition) is 5. The SMILES string of the molecule is Cc1c(Cl)nc2ncnn2c1-n1cc(C(N)=O)cn1. The molecule has 0 saturated heterocycles. The van der Waals surface area contributed by atoms with Gasteiger partial charge in [-0.1, -0.05) is 11.6 Å². The minimum atomic E-state index is -0.557. The van der Waals surface area contributed by atoms with Gasteiger partial charge >= 0.3 is 0 Å². The van der Waals surface area contributed by atoms with Gasteiger partial charge in [-0.25, -0.2) is 4.68 Å². The van der Waals surface area contributed by atoms with E-state index in [4.69, 9.17) is 17.3 Å². The molecule has 0 spiro atoms. The van der Waals surface area contributed by atoms with Crippen molar-refractivity contribution in [2.75, 3.05) is 0 Å². The normalized spacial score (nSPS) is 11.1. The monoisotopic (exact) mass is 277 g/mol. The Bertz CT molecular complexity index is 790. The highest BCUT2D eigenvalue weighted by Crippen LogP contribution is 2.20. The average molecular weight is 278 g/mol. The van der Waals surface area contributed by atoms with Crippen LogP contribution in [0.4, 0.5) is 0 Å². The van der Waals surface area contributed by atoms with E-state index < -0.39 is 5.91 Å². The van der Waals surface area contributed by atoms with Gasteiger partial charge in [0.1, 0.15) is 11.5 Å². The number of primary amides is 1. The van der Waals surface area contributed by atoms with Gasteiger partial charge in [-0.05, 0) is 6.92 Å².